The summed E-state index contributed by atoms with van der Waals surface area (Å²) in [5.74, 6) is 7.17. The number of hydrogen-bond donors (Lipinski definition) is 2. The molecular formula is C13H22N2O2. The van der Waals surface area contributed by atoms with E-state index >= 15 is 0 Å². The molecule has 0 heterocycles. The molecule has 0 amide bonds. The van der Waals surface area contributed by atoms with Crippen molar-refractivity contribution in [2.75, 3.05) is 14.2 Å². The van der Waals surface area contributed by atoms with E-state index in [1.54, 1.807) is 14.2 Å². The van der Waals surface area contributed by atoms with Crippen LogP contribution in [0.3, 0.4) is 0 Å². The maximum absolute atomic E-state index is 5.60. The number of hydrazine groups is 1. The molecule has 1 aromatic rings. The molecule has 4 heteroatoms. The second-order valence-corrected chi connectivity index (χ2v) is 4.01. The monoisotopic (exact) mass is 238 g/mol. The zero-order valence-corrected chi connectivity index (χ0v) is 10.8. The van der Waals surface area contributed by atoms with Gasteiger partial charge in [-0.05, 0) is 24.1 Å². The van der Waals surface area contributed by atoms with Gasteiger partial charge in [-0.15, -0.1) is 0 Å². The predicted molar refractivity (Wildman–Crippen MR) is 69.1 cm³/mol. The number of rotatable bonds is 7. The Bertz CT molecular complexity index is 320. The summed E-state index contributed by atoms with van der Waals surface area (Å²) in [4.78, 5) is 0. The number of hydrogen-bond acceptors (Lipinski definition) is 4. The topological polar surface area (TPSA) is 56.5 Å². The molecule has 0 aliphatic carbocycles. The lowest BCUT2D eigenvalue weighted by Crippen LogP contribution is -2.28. The molecule has 0 spiro atoms. The fourth-order valence-corrected chi connectivity index (χ4v) is 1.79. The molecule has 1 aromatic carbocycles. The Morgan fingerprint density at radius 2 is 1.76 bits per heavy atom. The molecule has 0 saturated carbocycles. The fourth-order valence-electron chi connectivity index (χ4n) is 1.79. The molecule has 0 aliphatic heterocycles. The minimum Gasteiger partial charge on any atom is -0.497 e. The zero-order chi connectivity index (χ0) is 12.7. The van der Waals surface area contributed by atoms with E-state index in [4.69, 9.17) is 15.3 Å². The van der Waals surface area contributed by atoms with Gasteiger partial charge in [0.1, 0.15) is 11.5 Å². The number of ether oxygens (including phenoxy) is 2. The number of nitrogens with two attached hydrogens (primary N) is 1. The Labute approximate surface area is 103 Å². The molecule has 0 fully saturated rings. The molecule has 96 valence electrons. The Balaban J connectivity index is 2.92. The van der Waals surface area contributed by atoms with Gasteiger partial charge in [-0.25, -0.2) is 0 Å². The number of nitrogens with one attached hydrogen (secondary N) is 1. The van der Waals surface area contributed by atoms with Crippen LogP contribution in [0.5, 0.6) is 11.5 Å². The maximum Gasteiger partial charge on any atom is 0.122 e. The van der Waals surface area contributed by atoms with Crippen LogP contribution in [0.1, 0.15) is 37.8 Å². The van der Waals surface area contributed by atoms with Crippen molar-refractivity contribution in [3.8, 4) is 11.5 Å². The van der Waals surface area contributed by atoms with E-state index in [2.05, 4.69) is 12.3 Å². The molecule has 0 aromatic heterocycles. The third-order valence-electron chi connectivity index (χ3n) is 2.82. The van der Waals surface area contributed by atoms with E-state index in [-0.39, 0.29) is 6.04 Å². The Hall–Kier alpha value is -1.26. The SMILES string of the molecule is CCCCC(NN)c1cc(OC)cc(OC)c1. The first-order valence-corrected chi connectivity index (χ1v) is 5.94. The van der Waals surface area contributed by atoms with Crippen LogP contribution < -0.4 is 20.7 Å². The normalized spacial score (nSPS) is 12.2. The van der Waals surface area contributed by atoms with Crippen molar-refractivity contribution >= 4 is 0 Å². The van der Waals surface area contributed by atoms with E-state index in [1.165, 1.54) is 0 Å². The molecule has 1 atom stereocenters. The van der Waals surface area contributed by atoms with Crippen LogP contribution in [0.15, 0.2) is 18.2 Å². The molecule has 1 rings (SSSR count). The lowest BCUT2D eigenvalue weighted by molar-refractivity contribution is 0.390. The number of unbranched alkanes of at least 4 members (excludes halogenated alkanes) is 1. The molecule has 4 nitrogen and oxygen atoms in total. The van der Waals surface area contributed by atoms with Gasteiger partial charge in [0.05, 0.1) is 14.2 Å². The average molecular weight is 238 g/mol. The van der Waals surface area contributed by atoms with Gasteiger partial charge in [-0.3, -0.25) is 11.3 Å². The Kier molecular flexibility index (Phi) is 5.80. The van der Waals surface area contributed by atoms with Crippen molar-refractivity contribution < 1.29 is 9.47 Å². The lowest BCUT2D eigenvalue weighted by atomic mass is 10.0. The molecule has 0 radical (unpaired) electrons. The number of benzene rings is 1. The highest BCUT2D eigenvalue weighted by Crippen LogP contribution is 2.28. The average Bonchev–Trinajstić information content (AvgIpc) is 2.39. The smallest absolute Gasteiger partial charge is 0.122 e. The predicted octanol–water partition coefficient (Wildman–Crippen LogP) is 2.40. The fraction of sp³-hybridized carbons (Fsp3) is 0.538. The second-order valence-electron chi connectivity index (χ2n) is 4.01. The van der Waals surface area contributed by atoms with Gasteiger partial charge < -0.3 is 9.47 Å². The summed E-state index contributed by atoms with van der Waals surface area (Å²) >= 11 is 0. The van der Waals surface area contributed by atoms with Crippen LogP contribution in [0.4, 0.5) is 0 Å². The molecule has 0 saturated heterocycles. The van der Waals surface area contributed by atoms with E-state index in [0.717, 1.165) is 36.3 Å². The van der Waals surface area contributed by atoms with Crippen LogP contribution in [0.2, 0.25) is 0 Å². The van der Waals surface area contributed by atoms with Crippen molar-refractivity contribution in [1.29, 1.82) is 0 Å². The van der Waals surface area contributed by atoms with Gasteiger partial charge in [0.25, 0.3) is 0 Å². The van der Waals surface area contributed by atoms with Crippen LogP contribution in [0, 0.1) is 0 Å². The molecular weight excluding hydrogens is 216 g/mol. The zero-order valence-electron chi connectivity index (χ0n) is 10.8. The highest BCUT2D eigenvalue weighted by molar-refractivity contribution is 5.39. The van der Waals surface area contributed by atoms with Gasteiger partial charge in [0, 0.05) is 12.1 Å². The third-order valence-corrected chi connectivity index (χ3v) is 2.82. The first-order chi connectivity index (χ1) is 8.24. The van der Waals surface area contributed by atoms with Gasteiger partial charge in [-0.2, -0.15) is 0 Å². The first-order valence-electron chi connectivity index (χ1n) is 5.94. The van der Waals surface area contributed by atoms with Gasteiger partial charge >= 0.3 is 0 Å². The van der Waals surface area contributed by atoms with Gasteiger partial charge in [-0.1, -0.05) is 19.8 Å². The summed E-state index contributed by atoms with van der Waals surface area (Å²) in [6, 6.07) is 5.97. The summed E-state index contributed by atoms with van der Waals surface area (Å²) in [5.41, 5.74) is 3.94. The van der Waals surface area contributed by atoms with Crippen LogP contribution in [-0.2, 0) is 0 Å². The minimum atomic E-state index is 0.138. The third kappa shape index (κ3) is 3.91. The molecule has 0 aliphatic rings. The molecule has 17 heavy (non-hydrogen) atoms. The maximum atomic E-state index is 5.60. The Morgan fingerprint density at radius 1 is 1.18 bits per heavy atom. The van der Waals surface area contributed by atoms with Gasteiger partial charge in [0.2, 0.25) is 0 Å². The standard InChI is InChI=1S/C13H22N2O2/c1-4-5-6-13(15-14)10-7-11(16-2)9-12(8-10)17-3/h7-9,13,15H,4-6,14H2,1-3H3. The van der Waals surface area contributed by atoms with E-state index in [9.17, 15) is 0 Å². The summed E-state index contributed by atoms with van der Waals surface area (Å²) in [6.07, 6.45) is 3.29. The second kappa shape index (κ2) is 7.14. The molecule has 1 unspecified atom stereocenters. The number of methoxy groups -OCH3 is 2. The van der Waals surface area contributed by atoms with E-state index < -0.39 is 0 Å². The van der Waals surface area contributed by atoms with E-state index in [1.807, 2.05) is 18.2 Å². The molecule has 0 bridgehead atoms. The van der Waals surface area contributed by atoms with E-state index in [0.29, 0.717) is 0 Å². The van der Waals surface area contributed by atoms with Crippen molar-refractivity contribution in [3.63, 3.8) is 0 Å². The van der Waals surface area contributed by atoms with Crippen LogP contribution >= 0.6 is 0 Å². The highest BCUT2D eigenvalue weighted by Gasteiger charge is 2.11. The van der Waals surface area contributed by atoms with Gasteiger partial charge in [0.15, 0.2) is 0 Å². The van der Waals surface area contributed by atoms with Crippen LogP contribution in [-0.4, -0.2) is 14.2 Å². The summed E-state index contributed by atoms with van der Waals surface area (Å²) in [6.45, 7) is 2.17. The highest BCUT2D eigenvalue weighted by atomic mass is 16.5. The largest absolute Gasteiger partial charge is 0.497 e. The molecule has 3 N–H and O–H groups in total. The van der Waals surface area contributed by atoms with Crippen molar-refractivity contribution in [1.82, 2.24) is 5.43 Å². The van der Waals surface area contributed by atoms with Crippen molar-refractivity contribution in [2.45, 2.75) is 32.2 Å². The minimum absolute atomic E-state index is 0.138. The van der Waals surface area contributed by atoms with Crippen LogP contribution in [0.25, 0.3) is 0 Å². The van der Waals surface area contributed by atoms with Crippen molar-refractivity contribution in [2.24, 2.45) is 5.84 Å². The summed E-state index contributed by atoms with van der Waals surface area (Å²) in [7, 11) is 3.30. The summed E-state index contributed by atoms with van der Waals surface area (Å²) < 4.78 is 10.5. The lowest BCUT2D eigenvalue weighted by Gasteiger charge is -2.17. The first kappa shape index (κ1) is 13.8. The Morgan fingerprint density at radius 3 is 2.18 bits per heavy atom. The van der Waals surface area contributed by atoms with Crippen molar-refractivity contribution in [3.05, 3.63) is 23.8 Å². The summed E-state index contributed by atoms with van der Waals surface area (Å²) in [5, 5.41) is 0. The quantitative estimate of drug-likeness (QED) is 0.565.